The number of hydrogen-bond donors (Lipinski definition) is 0. The Morgan fingerprint density at radius 2 is 1.83 bits per heavy atom. The Balaban J connectivity index is 1.83. The number of ether oxygens (including phenoxy) is 1. The fraction of sp³-hybridized carbons (Fsp3) is 0.263. The van der Waals surface area contributed by atoms with Crippen molar-refractivity contribution < 1.29 is 14.3 Å². The van der Waals surface area contributed by atoms with Crippen molar-refractivity contribution >= 4 is 27.6 Å². The summed E-state index contributed by atoms with van der Waals surface area (Å²) in [5, 5.41) is 0. The average Bonchev–Trinajstić information content (AvgIpc) is 3.10. The number of halogens is 1. The van der Waals surface area contributed by atoms with Crippen LogP contribution in [0.2, 0.25) is 0 Å². The van der Waals surface area contributed by atoms with Gasteiger partial charge in [-0.1, -0.05) is 12.1 Å². The number of methoxy groups -OCH3 is 1. The largest absolute Gasteiger partial charge is 0.497 e. The van der Waals surface area contributed by atoms with E-state index in [1.165, 1.54) is 0 Å². The molecule has 1 atom stereocenters. The van der Waals surface area contributed by atoms with Gasteiger partial charge in [-0.2, -0.15) is 0 Å². The van der Waals surface area contributed by atoms with Crippen LogP contribution in [0.25, 0.3) is 0 Å². The Morgan fingerprint density at radius 3 is 2.50 bits per heavy atom. The summed E-state index contributed by atoms with van der Waals surface area (Å²) in [7, 11) is 1.59. The summed E-state index contributed by atoms with van der Waals surface area (Å²) in [6, 6.07) is 13.9. The topological polar surface area (TPSA) is 46.6 Å². The van der Waals surface area contributed by atoms with E-state index in [1.54, 1.807) is 42.3 Å². The lowest BCUT2D eigenvalue weighted by Gasteiger charge is -2.24. The van der Waals surface area contributed by atoms with Gasteiger partial charge >= 0.3 is 0 Å². The quantitative estimate of drug-likeness (QED) is 0.746. The zero-order valence-corrected chi connectivity index (χ0v) is 15.0. The van der Waals surface area contributed by atoms with Crippen LogP contribution in [0, 0.1) is 0 Å². The number of ketones is 1. The number of benzene rings is 2. The molecule has 1 heterocycles. The second-order valence-electron chi connectivity index (χ2n) is 5.73. The Morgan fingerprint density at radius 1 is 1.12 bits per heavy atom. The van der Waals surface area contributed by atoms with Crippen molar-refractivity contribution in [1.29, 1.82) is 0 Å². The second kappa shape index (κ2) is 7.18. The van der Waals surface area contributed by atoms with Gasteiger partial charge in [0, 0.05) is 16.6 Å². The number of rotatable bonds is 4. The second-order valence-corrected chi connectivity index (χ2v) is 6.58. The molecule has 1 unspecified atom stereocenters. The Hall–Kier alpha value is -2.14. The van der Waals surface area contributed by atoms with Crippen LogP contribution in [-0.4, -0.2) is 36.3 Å². The monoisotopic (exact) mass is 387 g/mol. The lowest BCUT2D eigenvalue weighted by molar-refractivity contribution is 0.0671. The molecule has 0 aromatic heterocycles. The first-order valence-electron chi connectivity index (χ1n) is 7.85. The molecule has 0 saturated carbocycles. The van der Waals surface area contributed by atoms with E-state index in [4.69, 9.17) is 4.74 Å². The van der Waals surface area contributed by atoms with Crippen LogP contribution in [0.5, 0.6) is 5.75 Å². The number of nitrogens with zero attached hydrogens (tertiary/aromatic N) is 1. The maximum absolute atomic E-state index is 12.8. The van der Waals surface area contributed by atoms with Crippen molar-refractivity contribution in [3.05, 3.63) is 64.1 Å². The minimum atomic E-state index is -0.405. The van der Waals surface area contributed by atoms with Crippen LogP contribution in [0.4, 0.5) is 0 Å². The van der Waals surface area contributed by atoms with Crippen LogP contribution >= 0.6 is 15.9 Å². The molecule has 1 amide bonds. The van der Waals surface area contributed by atoms with E-state index in [9.17, 15) is 9.59 Å². The highest BCUT2D eigenvalue weighted by atomic mass is 79.9. The first-order chi connectivity index (χ1) is 11.6. The van der Waals surface area contributed by atoms with Gasteiger partial charge in [-0.25, -0.2) is 0 Å². The molecule has 1 aliphatic rings. The Bertz CT molecular complexity index is 757. The van der Waals surface area contributed by atoms with E-state index in [0.717, 1.165) is 10.9 Å². The van der Waals surface area contributed by atoms with Crippen LogP contribution < -0.4 is 4.74 Å². The molecule has 124 valence electrons. The van der Waals surface area contributed by atoms with Gasteiger partial charge in [0.2, 0.25) is 0 Å². The predicted molar refractivity (Wildman–Crippen MR) is 95.5 cm³/mol. The van der Waals surface area contributed by atoms with E-state index in [-0.39, 0.29) is 11.7 Å². The number of amides is 1. The van der Waals surface area contributed by atoms with E-state index in [1.807, 2.05) is 18.2 Å². The van der Waals surface area contributed by atoms with E-state index in [2.05, 4.69) is 15.9 Å². The molecule has 1 fully saturated rings. The lowest BCUT2D eigenvalue weighted by atomic mass is 10.0. The minimum absolute atomic E-state index is 0.0180. The van der Waals surface area contributed by atoms with Crippen molar-refractivity contribution in [1.82, 2.24) is 4.90 Å². The molecular weight excluding hydrogens is 370 g/mol. The van der Waals surface area contributed by atoms with Gasteiger partial charge in [-0.3, -0.25) is 9.59 Å². The molecule has 0 bridgehead atoms. The number of Topliss-reactive ketones (excluding diaryl/α,β-unsaturated/α-hetero) is 1. The van der Waals surface area contributed by atoms with Gasteiger partial charge in [0.25, 0.3) is 5.91 Å². The smallest absolute Gasteiger partial charge is 0.255 e. The SMILES string of the molecule is COc1ccc(C(=O)C2CCCN2C(=O)c2ccccc2Br)cc1. The van der Waals surface area contributed by atoms with Crippen molar-refractivity contribution in [2.75, 3.05) is 13.7 Å². The third kappa shape index (κ3) is 3.22. The molecule has 1 aliphatic heterocycles. The molecule has 0 radical (unpaired) electrons. The fourth-order valence-electron chi connectivity index (χ4n) is 3.02. The number of carbonyl (C=O) groups excluding carboxylic acids is 2. The van der Waals surface area contributed by atoms with Gasteiger partial charge in [0.15, 0.2) is 5.78 Å². The summed E-state index contributed by atoms with van der Waals surface area (Å²) in [6.07, 6.45) is 1.53. The number of hydrogen-bond acceptors (Lipinski definition) is 3. The first kappa shape index (κ1) is 16.7. The molecule has 3 rings (SSSR count). The maximum atomic E-state index is 12.8. The normalized spacial score (nSPS) is 16.9. The molecule has 4 nitrogen and oxygen atoms in total. The zero-order chi connectivity index (χ0) is 17.1. The van der Waals surface area contributed by atoms with Crippen molar-refractivity contribution in [3.63, 3.8) is 0 Å². The van der Waals surface area contributed by atoms with Crippen LogP contribution in [0.15, 0.2) is 53.0 Å². The molecular formula is C19H18BrNO3. The van der Waals surface area contributed by atoms with E-state index >= 15 is 0 Å². The standard InChI is InChI=1S/C19H18BrNO3/c1-24-14-10-8-13(9-11-14)18(22)17-7-4-12-21(17)19(23)15-5-2-3-6-16(15)20/h2-3,5-6,8-11,17H,4,7,12H2,1H3. The van der Waals surface area contributed by atoms with Crippen molar-refractivity contribution in [2.24, 2.45) is 0 Å². The third-order valence-electron chi connectivity index (χ3n) is 4.30. The maximum Gasteiger partial charge on any atom is 0.255 e. The minimum Gasteiger partial charge on any atom is -0.497 e. The molecule has 5 heteroatoms. The van der Waals surface area contributed by atoms with E-state index < -0.39 is 6.04 Å². The van der Waals surface area contributed by atoms with Crippen molar-refractivity contribution in [2.45, 2.75) is 18.9 Å². The first-order valence-corrected chi connectivity index (χ1v) is 8.65. The Kier molecular flexibility index (Phi) is 5.00. The fourth-order valence-corrected chi connectivity index (χ4v) is 3.47. The molecule has 0 spiro atoms. The van der Waals surface area contributed by atoms with Gasteiger partial charge in [-0.15, -0.1) is 0 Å². The molecule has 0 aliphatic carbocycles. The Labute approximate surface area is 149 Å². The summed E-state index contributed by atoms with van der Waals surface area (Å²) in [5.74, 6) is 0.585. The van der Waals surface area contributed by atoms with Gasteiger partial charge < -0.3 is 9.64 Å². The molecule has 0 N–H and O–H groups in total. The van der Waals surface area contributed by atoms with Crippen molar-refractivity contribution in [3.8, 4) is 5.75 Å². The highest BCUT2D eigenvalue weighted by Crippen LogP contribution is 2.26. The summed E-state index contributed by atoms with van der Waals surface area (Å²) < 4.78 is 5.87. The van der Waals surface area contributed by atoms with Gasteiger partial charge in [0.05, 0.1) is 18.7 Å². The van der Waals surface area contributed by atoms with Crippen LogP contribution in [0.1, 0.15) is 33.6 Å². The van der Waals surface area contributed by atoms with Crippen LogP contribution in [0.3, 0.4) is 0 Å². The molecule has 24 heavy (non-hydrogen) atoms. The summed E-state index contributed by atoms with van der Waals surface area (Å²) >= 11 is 3.42. The molecule has 2 aromatic rings. The summed E-state index contributed by atoms with van der Waals surface area (Å²) in [6.45, 7) is 0.604. The predicted octanol–water partition coefficient (Wildman–Crippen LogP) is 3.95. The number of likely N-dealkylation sites (tertiary alicyclic amines) is 1. The molecule has 1 saturated heterocycles. The highest BCUT2D eigenvalue weighted by molar-refractivity contribution is 9.10. The molecule has 2 aromatic carbocycles. The highest BCUT2D eigenvalue weighted by Gasteiger charge is 2.35. The third-order valence-corrected chi connectivity index (χ3v) is 4.99. The average molecular weight is 388 g/mol. The van der Waals surface area contributed by atoms with E-state index in [0.29, 0.717) is 29.8 Å². The van der Waals surface area contributed by atoms with Gasteiger partial charge in [0.1, 0.15) is 5.75 Å². The summed E-state index contributed by atoms with van der Waals surface area (Å²) in [4.78, 5) is 27.4. The number of carbonyl (C=O) groups is 2. The van der Waals surface area contributed by atoms with Gasteiger partial charge in [-0.05, 0) is 65.2 Å². The van der Waals surface area contributed by atoms with Crippen LogP contribution in [-0.2, 0) is 0 Å². The zero-order valence-electron chi connectivity index (χ0n) is 13.4. The summed E-state index contributed by atoms with van der Waals surface area (Å²) in [5.41, 5.74) is 1.19. The lowest BCUT2D eigenvalue weighted by Crippen LogP contribution is -2.40.